The number of carbonyl (C=O) groups excluding carboxylic acids is 1. The molecule has 0 spiro atoms. The molecule has 0 radical (unpaired) electrons. The number of ether oxygens (including phenoxy) is 2. The third kappa shape index (κ3) is 5.86. The van der Waals surface area contributed by atoms with Gasteiger partial charge in [0.1, 0.15) is 5.01 Å². The Hall–Kier alpha value is -4.31. The summed E-state index contributed by atoms with van der Waals surface area (Å²) in [6.45, 7) is 9.79. The van der Waals surface area contributed by atoms with Crippen LogP contribution in [0.15, 0.2) is 71.7 Å². The smallest absolute Gasteiger partial charge is 0.339 e. The number of aromatic nitrogens is 4. The van der Waals surface area contributed by atoms with Gasteiger partial charge in [0.25, 0.3) is 0 Å². The number of thiazole rings is 1. The molecule has 0 aliphatic carbocycles. The van der Waals surface area contributed by atoms with Crippen LogP contribution in [0.3, 0.4) is 0 Å². The van der Waals surface area contributed by atoms with Gasteiger partial charge >= 0.3 is 11.7 Å². The van der Waals surface area contributed by atoms with Crippen molar-refractivity contribution in [2.75, 3.05) is 6.61 Å². The maximum absolute atomic E-state index is 13.5. The van der Waals surface area contributed by atoms with E-state index in [0.29, 0.717) is 5.02 Å². The predicted octanol–water partition coefficient (Wildman–Crippen LogP) is 8.26. The zero-order chi connectivity index (χ0) is 32.9. The van der Waals surface area contributed by atoms with Gasteiger partial charge in [0, 0.05) is 47.6 Å². The highest BCUT2D eigenvalue weighted by atomic mass is 35.5. The molecule has 3 heterocycles. The number of hydrogen-bond acceptors (Lipinski definition) is 7. The van der Waals surface area contributed by atoms with Crippen molar-refractivity contribution in [1.82, 2.24) is 19.1 Å². The molecule has 3 aromatic carbocycles. The van der Waals surface area contributed by atoms with E-state index in [1.165, 1.54) is 0 Å². The van der Waals surface area contributed by atoms with E-state index in [0.717, 1.165) is 65.3 Å². The van der Waals surface area contributed by atoms with E-state index in [1.54, 1.807) is 47.7 Å². The minimum Gasteiger partial charge on any atom is -0.464 e. The van der Waals surface area contributed by atoms with Crippen molar-refractivity contribution >= 4 is 50.2 Å². The maximum atomic E-state index is 13.5. The quantitative estimate of drug-likeness (QED) is 0.161. The lowest BCUT2D eigenvalue weighted by Gasteiger charge is -2.29. The largest absolute Gasteiger partial charge is 0.464 e. The average Bonchev–Trinajstić information content (AvgIpc) is 3.54. The summed E-state index contributed by atoms with van der Waals surface area (Å²) in [5.41, 5.74) is 7.76. The summed E-state index contributed by atoms with van der Waals surface area (Å²) in [5.74, 6) is -0.438. The summed E-state index contributed by atoms with van der Waals surface area (Å²) < 4.78 is 16.1. The first kappa shape index (κ1) is 31.7. The van der Waals surface area contributed by atoms with Gasteiger partial charge in [-0.05, 0) is 88.2 Å². The van der Waals surface area contributed by atoms with Crippen LogP contribution in [0.4, 0.5) is 0 Å². The first-order valence-corrected chi connectivity index (χ1v) is 16.2. The zero-order valence-electron chi connectivity index (χ0n) is 26.8. The van der Waals surface area contributed by atoms with Gasteiger partial charge in [-0.3, -0.25) is 14.1 Å². The van der Waals surface area contributed by atoms with E-state index < -0.39 is 17.7 Å². The fourth-order valence-corrected chi connectivity index (χ4v) is 7.01. The lowest BCUT2D eigenvalue weighted by atomic mass is 9.91. The number of hydrogen-bond donors (Lipinski definition) is 0. The molecule has 6 rings (SSSR count). The molecule has 46 heavy (non-hydrogen) atoms. The Bertz CT molecular complexity index is 2170. The second kappa shape index (κ2) is 12.1. The minimum absolute atomic E-state index is 0.0763. The molecule has 10 heteroatoms. The first-order valence-electron chi connectivity index (χ1n) is 15.0. The molecule has 0 aliphatic heterocycles. The second-order valence-corrected chi connectivity index (χ2v) is 13.7. The van der Waals surface area contributed by atoms with Crippen molar-refractivity contribution in [1.29, 1.82) is 0 Å². The standard InChI is InChI=1S/C36H35ClN4O4S/c1-8-44-34(42)31(45-36(3,4)5)29-20(2)17-26-32(30(29)21-9-12-24(37)13-10-21)46-33(39-26)23-15-16-38-25(18-23)22-11-14-27-28(19-22)41(7)35(43)40(27)6/h9-19,31H,8H2,1-7H3/t31-/m0/s1. The number of imidazole rings is 1. The maximum Gasteiger partial charge on any atom is 0.339 e. The van der Waals surface area contributed by atoms with Crippen LogP contribution in [-0.2, 0) is 28.4 Å². The highest BCUT2D eigenvalue weighted by Gasteiger charge is 2.33. The number of fused-ring (bicyclic) bond motifs is 2. The molecule has 0 bridgehead atoms. The lowest BCUT2D eigenvalue weighted by Crippen LogP contribution is -2.29. The van der Waals surface area contributed by atoms with E-state index in [2.05, 4.69) is 4.98 Å². The van der Waals surface area contributed by atoms with Crippen molar-refractivity contribution in [2.24, 2.45) is 14.1 Å². The van der Waals surface area contributed by atoms with Gasteiger partial charge in [-0.15, -0.1) is 11.3 Å². The van der Waals surface area contributed by atoms with Crippen LogP contribution < -0.4 is 5.69 Å². The van der Waals surface area contributed by atoms with Gasteiger partial charge < -0.3 is 9.47 Å². The summed E-state index contributed by atoms with van der Waals surface area (Å²) >= 11 is 7.84. The molecule has 1 atom stereocenters. The summed E-state index contributed by atoms with van der Waals surface area (Å²) in [7, 11) is 3.54. The van der Waals surface area contributed by atoms with E-state index >= 15 is 0 Å². The molecule has 0 saturated carbocycles. The Morgan fingerprint density at radius 2 is 1.65 bits per heavy atom. The number of carbonyl (C=O) groups is 1. The van der Waals surface area contributed by atoms with E-state index in [-0.39, 0.29) is 12.3 Å². The van der Waals surface area contributed by atoms with Crippen molar-refractivity contribution in [3.63, 3.8) is 0 Å². The Balaban J connectivity index is 1.53. The number of aryl methyl sites for hydroxylation is 3. The third-order valence-electron chi connectivity index (χ3n) is 7.87. The number of pyridine rings is 1. The molecule has 236 valence electrons. The van der Waals surface area contributed by atoms with Crippen LogP contribution in [0.25, 0.3) is 54.2 Å². The number of nitrogens with zero attached hydrogens (tertiary/aromatic N) is 4. The third-order valence-corrected chi connectivity index (χ3v) is 9.26. The first-order chi connectivity index (χ1) is 21.9. The van der Waals surface area contributed by atoms with Crippen LogP contribution in [0.5, 0.6) is 0 Å². The van der Waals surface area contributed by atoms with Gasteiger partial charge in [-0.1, -0.05) is 29.8 Å². The predicted molar refractivity (Wildman–Crippen MR) is 185 cm³/mol. The van der Waals surface area contributed by atoms with Crippen molar-refractivity contribution in [3.8, 4) is 33.0 Å². The number of rotatable bonds is 7. The van der Waals surface area contributed by atoms with Gasteiger partial charge in [0.15, 0.2) is 6.10 Å². The van der Waals surface area contributed by atoms with Crippen molar-refractivity contribution in [2.45, 2.75) is 46.3 Å². The Labute approximate surface area is 276 Å². The molecule has 0 fully saturated rings. The fraction of sp³-hybridized carbons (Fsp3) is 0.278. The zero-order valence-corrected chi connectivity index (χ0v) is 28.4. The second-order valence-electron chi connectivity index (χ2n) is 12.3. The van der Waals surface area contributed by atoms with Crippen LogP contribution >= 0.6 is 22.9 Å². The topological polar surface area (TPSA) is 88.2 Å². The van der Waals surface area contributed by atoms with Gasteiger partial charge in [0.2, 0.25) is 0 Å². The highest BCUT2D eigenvalue weighted by molar-refractivity contribution is 7.22. The monoisotopic (exact) mass is 654 g/mol. The number of halogens is 1. The average molecular weight is 655 g/mol. The molecule has 0 saturated heterocycles. The molecule has 0 N–H and O–H groups in total. The van der Waals surface area contributed by atoms with Crippen LogP contribution in [0.2, 0.25) is 5.02 Å². The van der Waals surface area contributed by atoms with E-state index in [1.807, 2.05) is 88.4 Å². The van der Waals surface area contributed by atoms with Crippen molar-refractivity contribution in [3.05, 3.63) is 93.5 Å². The molecule has 0 amide bonds. The fourth-order valence-electron chi connectivity index (χ4n) is 5.76. The highest BCUT2D eigenvalue weighted by Crippen LogP contribution is 2.45. The molecule has 0 aliphatic rings. The Morgan fingerprint density at radius 3 is 2.35 bits per heavy atom. The van der Waals surface area contributed by atoms with Crippen LogP contribution in [0.1, 0.15) is 44.9 Å². The van der Waals surface area contributed by atoms with Gasteiger partial charge in [-0.25, -0.2) is 14.6 Å². The van der Waals surface area contributed by atoms with Crippen LogP contribution in [-0.4, -0.2) is 37.3 Å². The minimum atomic E-state index is -0.947. The molecular weight excluding hydrogens is 620 g/mol. The Kier molecular flexibility index (Phi) is 8.35. The number of benzene rings is 3. The van der Waals surface area contributed by atoms with Gasteiger partial charge in [-0.2, -0.15) is 0 Å². The molecular formula is C36H35ClN4O4S. The van der Waals surface area contributed by atoms with Crippen molar-refractivity contribution < 1.29 is 14.3 Å². The number of esters is 1. The SMILES string of the molecule is CCOC(=O)[C@@H](OC(C)(C)C)c1c(C)cc2nc(-c3ccnc(-c4ccc5c(c4)n(C)c(=O)n5C)c3)sc2c1-c1ccc(Cl)cc1. The Morgan fingerprint density at radius 1 is 0.957 bits per heavy atom. The van der Waals surface area contributed by atoms with Gasteiger partial charge in [0.05, 0.1) is 39.2 Å². The summed E-state index contributed by atoms with van der Waals surface area (Å²) in [5, 5.41) is 1.42. The molecule has 3 aromatic heterocycles. The lowest BCUT2D eigenvalue weighted by molar-refractivity contribution is -0.166. The van der Waals surface area contributed by atoms with Crippen LogP contribution in [0, 0.1) is 6.92 Å². The molecule has 0 unspecified atom stereocenters. The normalized spacial score (nSPS) is 12.6. The van der Waals surface area contributed by atoms with E-state index in [4.69, 9.17) is 26.1 Å². The van der Waals surface area contributed by atoms with E-state index in [9.17, 15) is 9.59 Å². The molecule has 6 aromatic rings. The summed E-state index contributed by atoms with van der Waals surface area (Å²) in [6, 6.07) is 19.5. The summed E-state index contributed by atoms with van der Waals surface area (Å²) in [4.78, 5) is 35.7. The summed E-state index contributed by atoms with van der Waals surface area (Å²) in [6.07, 6.45) is 0.826. The molecule has 8 nitrogen and oxygen atoms in total.